The number of hydrogen-bond acceptors (Lipinski definition) is 3. The first-order valence-corrected chi connectivity index (χ1v) is 7.46. The van der Waals surface area contributed by atoms with Gasteiger partial charge in [-0.15, -0.1) is 0 Å². The summed E-state index contributed by atoms with van der Waals surface area (Å²) in [6.45, 7) is 2.08. The quantitative estimate of drug-likeness (QED) is 0.882. The van der Waals surface area contributed by atoms with E-state index in [1.165, 1.54) is 10.5 Å². The first-order valence-electron chi connectivity index (χ1n) is 7.46. The van der Waals surface area contributed by atoms with Crippen LogP contribution in [0, 0.1) is 0 Å². The molecule has 4 nitrogen and oxygen atoms in total. The first-order chi connectivity index (χ1) is 10.7. The zero-order valence-corrected chi connectivity index (χ0v) is 12.5. The molecule has 0 aromatic heterocycles. The number of anilines is 2. The van der Waals surface area contributed by atoms with Gasteiger partial charge in [-0.2, -0.15) is 0 Å². The number of carbonyl (C=O) groups excluding carboxylic acids is 2. The number of benzene rings is 2. The molecule has 2 aromatic rings. The highest BCUT2D eigenvalue weighted by Crippen LogP contribution is 2.24. The van der Waals surface area contributed by atoms with Gasteiger partial charge in [0.2, 0.25) is 5.91 Å². The Morgan fingerprint density at radius 3 is 2.59 bits per heavy atom. The van der Waals surface area contributed by atoms with E-state index in [4.69, 9.17) is 0 Å². The minimum absolute atomic E-state index is 0.166. The third kappa shape index (κ3) is 2.72. The van der Waals surface area contributed by atoms with Crippen LogP contribution in [0.15, 0.2) is 54.6 Å². The molecule has 2 amide bonds. The van der Waals surface area contributed by atoms with Gasteiger partial charge in [0.1, 0.15) is 6.04 Å². The lowest BCUT2D eigenvalue weighted by Crippen LogP contribution is -2.34. The van der Waals surface area contributed by atoms with Crippen LogP contribution in [-0.2, 0) is 16.0 Å². The summed E-state index contributed by atoms with van der Waals surface area (Å²) in [6.07, 6.45) is 1.12. The number of carbonyl (C=O) groups is 2. The number of nitrogens with one attached hydrogen (secondary N) is 1. The van der Waals surface area contributed by atoms with E-state index in [1.54, 1.807) is 12.1 Å². The Morgan fingerprint density at radius 2 is 1.86 bits per heavy atom. The molecule has 1 unspecified atom stereocenters. The van der Waals surface area contributed by atoms with Crippen LogP contribution in [0.1, 0.15) is 18.9 Å². The molecule has 1 heterocycles. The summed E-state index contributed by atoms with van der Waals surface area (Å²) in [4.78, 5) is 26.0. The normalized spacial score (nSPS) is 17.9. The molecule has 0 aliphatic carbocycles. The minimum atomic E-state index is -0.500. The van der Waals surface area contributed by atoms with E-state index in [0.717, 1.165) is 12.1 Å². The average Bonchev–Trinajstić information content (AvgIpc) is 2.82. The van der Waals surface area contributed by atoms with Crippen molar-refractivity contribution in [1.29, 1.82) is 0 Å². The van der Waals surface area contributed by atoms with Crippen molar-refractivity contribution < 1.29 is 9.59 Å². The molecule has 112 valence electrons. The van der Waals surface area contributed by atoms with Crippen LogP contribution in [0.2, 0.25) is 0 Å². The Morgan fingerprint density at radius 1 is 1.09 bits per heavy atom. The van der Waals surface area contributed by atoms with Gasteiger partial charge >= 0.3 is 0 Å². The molecular formula is C18H18N2O2. The van der Waals surface area contributed by atoms with Crippen molar-refractivity contribution in [2.45, 2.75) is 25.8 Å². The van der Waals surface area contributed by atoms with Crippen LogP contribution in [-0.4, -0.2) is 17.9 Å². The van der Waals surface area contributed by atoms with Gasteiger partial charge in [-0.3, -0.25) is 9.59 Å². The number of nitrogens with zero attached hydrogens (tertiary/aromatic N) is 1. The number of imide groups is 1. The van der Waals surface area contributed by atoms with Crippen molar-refractivity contribution in [3.8, 4) is 0 Å². The summed E-state index contributed by atoms with van der Waals surface area (Å²) in [5.41, 5.74) is 2.70. The molecule has 1 fully saturated rings. The van der Waals surface area contributed by atoms with Crippen molar-refractivity contribution in [1.82, 2.24) is 0 Å². The van der Waals surface area contributed by atoms with Gasteiger partial charge < -0.3 is 5.32 Å². The van der Waals surface area contributed by atoms with Crippen molar-refractivity contribution in [3.05, 3.63) is 60.2 Å². The van der Waals surface area contributed by atoms with Crippen molar-refractivity contribution in [2.75, 3.05) is 10.2 Å². The van der Waals surface area contributed by atoms with Crippen LogP contribution in [0.25, 0.3) is 0 Å². The predicted octanol–water partition coefficient (Wildman–Crippen LogP) is 2.99. The predicted molar refractivity (Wildman–Crippen MR) is 86.8 cm³/mol. The molecular weight excluding hydrogens is 276 g/mol. The maximum atomic E-state index is 12.5. The molecule has 1 atom stereocenters. The molecule has 2 aromatic carbocycles. The van der Waals surface area contributed by atoms with Crippen molar-refractivity contribution in [2.24, 2.45) is 0 Å². The number of aryl methyl sites for hydroxylation is 1. The molecule has 1 saturated heterocycles. The molecule has 1 aliphatic heterocycles. The van der Waals surface area contributed by atoms with E-state index in [0.29, 0.717) is 5.69 Å². The van der Waals surface area contributed by atoms with E-state index in [9.17, 15) is 9.59 Å². The lowest BCUT2D eigenvalue weighted by atomic mass is 10.1. The van der Waals surface area contributed by atoms with E-state index >= 15 is 0 Å². The highest BCUT2D eigenvalue weighted by atomic mass is 16.2. The number of amides is 2. The molecule has 3 rings (SSSR count). The Kier molecular flexibility index (Phi) is 3.92. The topological polar surface area (TPSA) is 49.4 Å². The van der Waals surface area contributed by atoms with E-state index in [-0.39, 0.29) is 18.2 Å². The van der Waals surface area contributed by atoms with Crippen LogP contribution in [0.4, 0.5) is 11.4 Å². The Balaban J connectivity index is 1.79. The minimum Gasteiger partial charge on any atom is -0.373 e. The fourth-order valence-corrected chi connectivity index (χ4v) is 2.68. The molecule has 0 spiro atoms. The van der Waals surface area contributed by atoms with Gasteiger partial charge in [0.25, 0.3) is 5.91 Å². The maximum Gasteiger partial charge on any atom is 0.256 e. The van der Waals surface area contributed by atoms with Crippen LogP contribution >= 0.6 is 0 Å². The SMILES string of the molecule is CCc1cccc(NC2CC(=O)N(c3ccccc3)C2=O)c1. The third-order valence-corrected chi connectivity index (χ3v) is 3.84. The monoisotopic (exact) mass is 294 g/mol. The summed E-state index contributed by atoms with van der Waals surface area (Å²) in [5, 5.41) is 3.18. The second-order valence-corrected chi connectivity index (χ2v) is 5.36. The lowest BCUT2D eigenvalue weighted by Gasteiger charge is -2.16. The highest BCUT2D eigenvalue weighted by Gasteiger charge is 2.39. The first kappa shape index (κ1) is 14.3. The molecule has 0 bridgehead atoms. The van der Waals surface area contributed by atoms with Gasteiger partial charge in [-0.05, 0) is 36.2 Å². The Bertz CT molecular complexity index is 697. The van der Waals surface area contributed by atoms with Crippen LogP contribution in [0.3, 0.4) is 0 Å². The van der Waals surface area contributed by atoms with Gasteiger partial charge in [0.05, 0.1) is 12.1 Å². The Labute approximate surface area is 129 Å². The van der Waals surface area contributed by atoms with Crippen LogP contribution < -0.4 is 10.2 Å². The average molecular weight is 294 g/mol. The van der Waals surface area contributed by atoms with Gasteiger partial charge in [-0.25, -0.2) is 4.90 Å². The largest absolute Gasteiger partial charge is 0.373 e. The number of para-hydroxylation sites is 1. The fourth-order valence-electron chi connectivity index (χ4n) is 2.68. The standard InChI is InChI=1S/C18H18N2O2/c1-2-13-7-6-8-14(11-13)19-16-12-17(21)20(18(16)22)15-9-4-3-5-10-15/h3-11,16,19H,2,12H2,1H3. The lowest BCUT2D eigenvalue weighted by molar-refractivity contribution is -0.121. The second kappa shape index (κ2) is 6.02. The second-order valence-electron chi connectivity index (χ2n) is 5.36. The summed E-state index contributed by atoms with van der Waals surface area (Å²) in [7, 11) is 0. The zero-order chi connectivity index (χ0) is 15.5. The summed E-state index contributed by atoms with van der Waals surface area (Å²) in [5.74, 6) is -0.363. The smallest absolute Gasteiger partial charge is 0.256 e. The van der Waals surface area contributed by atoms with E-state index in [1.807, 2.05) is 42.5 Å². The third-order valence-electron chi connectivity index (χ3n) is 3.84. The van der Waals surface area contributed by atoms with Crippen molar-refractivity contribution in [3.63, 3.8) is 0 Å². The van der Waals surface area contributed by atoms with Gasteiger partial charge in [-0.1, -0.05) is 37.3 Å². The van der Waals surface area contributed by atoms with E-state index in [2.05, 4.69) is 12.2 Å². The molecule has 4 heteroatoms. The summed E-state index contributed by atoms with van der Waals surface area (Å²) < 4.78 is 0. The molecule has 0 radical (unpaired) electrons. The molecule has 1 N–H and O–H groups in total. The fraction of sp³-hybridized carbons (Fsp3) is 0.222. The number of hydrogen-bond donors (Lipinski definition) is 1. The van der Waals surface area contributed by atoms with Gasteiger partial charge in [0.15, 0.2) is 0 Å². The highest BCUT2D eigenvalue weighted by molar-refractivity contribution is 6.23. The molecule has 1 aliphatic rings. The van der Waals surface area contributed by atoms with Gasteiger partial charge in [0, 0.05) is 5.69 Å². The maximum absolute atomic E-state index is 12.5. The molecule has 0 saturated carbocycles. The Hall–Kier alpha value is -2.62. The zero-order valence-electron chi connectivity index (χ0n) is 12.5. The van der Waals surface area contributed by atoms with Crippen LogP contribution in [0.5, 0.6) is 0 Å². The summed E-state index contributed by atoms with van der Waals surface area (Å²) in [6, 6.07) is 16.5. The van der Waals surface area contributed by atoms with Crippen molar-refractivity contribution >= 4 is 23.2 Å². The summed E-state index contributed by atoms with van der Waals surface area (Å²) >= 11 is 0. The molecule has 22 heavy (non-hydrogen) atoms. The van der Waals surface area contributed by atoms with E-state index < -0.39 is 6.04 Å². The number of rotatable bonds is 4.